The number of rotatable bonds is 5. The number of nitrogens with zero attached hydrogens (tertiary/aromatic N) is 2. The molecule has 0 atom stereocenters. The van der Waals surface area contributed by atoms with Gasteiger partial charge in [-0.25, -0.2) is 4.39 Å². The summed E-state index contributed by atoms with van der Waals surface area (Å²) in [7, 11) is 0. The van der Waals surface area contributed by atoms with Crippen molar-refractivity contribution < 1.29 is 22.8 Å². The fraction of sp³-hybridized carbons (Fsp3) is 0.381. The molecule has 0 bridgehead atoms. The number of carbonyl (C=O) groups is 1. The lowest BCUT2D eigenvalue weighted by atomic mass is 9.78. The van der Waals surface area contributed by atoms with Gasteiger partial charge >= 0.3 is 5.97 Å². The van der Waals surface area contributed by atoms with Gasteiger partial charge in [0.1, 0.15) is 17.3 Å². The summed E-state index contributed by atoms with van der Waals surface area (Å²) in [5.41, 5.74) is 0.154. The summed E-state index contributed by atoms with van der Waals surface area (Å²) in [5, 5.41) is 7.94. The molecule has 1 saturated carbocycles. The summed E-state index contributed by atoms with van der Waals surface area (Å²) in [6.45, 7) is 3.49. The molecule has 0 unspecified atom stereocenters. The van der Waals surface area contributed by atoms with Gasteiger partial charge in [-0.3, -0.25) is 4.79 Å². The summed E-state index contributed by atoms with van der Waals surface area (Å²) in [6, 6.07) is 8.21. The molecule has 1 aliphatic rings. The highest BCUT2D eigenvalue weighted by molar-refractivity contribution is 5.83. The quantitative estimate of drug-likeness (QED) is 0.596. The minimum Gasteiger partial charge on any atom is -0.466 e. The lowest BCUT2D eigenvalue weighted by molar-refractivity contribution is -0.152. The molecular formula is C21H21FN2O4. The van der Waals surface area contributed by atoms with E-state index in [-0.39, 0.29) is 18.3 Å². The van der Waals surface area contributed by atoms with Crippen molar-refractivity contribution in [1.82, 2.24) is 10.2 Å². The average Bonchev–Trinajstić information content (AvgIpc) is 3.40. The SMILES string of the molecule is Cc1cc(-c2nnc(COC(=O)C3(c4ccccc4F)CCCC3)o2)c(C)o1. The summed E-state index contributed by atoms with van der Waals surface area (Å²) in [5.74, 6) is 1.08. The van der Waals surface area contributed by atoms with Gasteiger partial charge in [-0.2, -0.15) is 0 Å². The van der Waals surface area contributed by atoms with E-state index in [2.05, 4.69) is 10.2 Å². The number of aryl methyl sites for hydroxylation is 2. The summed E-state index contributed by atoms with van der Waals surface area (Å²) < 4.78 is 30.9. The van der Waals surface area contributed by atoms with E-state index >= 15 is 0 Å². The Morgan fingerprint density at radius 1 is 1.18 bits per heavy atom. The Labute approximate surface area is 161 Å². The number of hydrogen-bond donors (Lipinski definition) is 0. The maximum atomic E-state index is 14.4. The van der Waals surface area contributed by atoms with Crippen LogP contribution in [0.5, 0.6) is 0 Å². The molecule has 2 aromatic heterocycles. The van der Waals surface area contributed by atoms with Crippen LogP contribution in [0.25, 0.3) is 11.5 Å². The zero-order chi connectivity index (χ0) is 19.7. The molecule has 0 radical (unpaired) electrons. The van der Waals surface area contributed by atoms with Crippen molar-refractivity contribution >= 4 is 5.97 Å². The smallest absolute Gasteiger partial charge is 0.317 e. The van der Waals surface area contributed by atoms with Crippen molar-refractivity contribution in [2.45, 2.75) is 51.6 Å². The van der Waals surface area contributed by atoms with Gasteiger partial charge in [-0.15, -0.1) is 10.2 Å². The van der Waals surface area contributed by atoms with Crippen LogP contribution in [0.15, 0.2) is 39.2 Å². The molecule has 2 heterocycles. The highest BCUT2D eigenvalue weighted by Gasteiger charge is 2.45. The number of carbonyl (C=O) groups excluding carboxylic acids is 1. The van der Waals surface area contributed by atoms with E-state index in [1.54, 1.807) is 18.2 Å². The molecular weight excluding hydrogens is 363 g/mol. The van der Waals surface area contributed by atoms with Crippen LogP contribution in [0, 0.1) is 19.7 Å². The summed E-state index contributed by atoms with van der Waals surface area (Å²) in [6.07, 6.45) is 2.84. The van der Waals surface area contributed by atoms with Crippen LogP contribution in [-0.4, -0.2) is 16.2 Å². The van der Waals surface area contributed by atoms with E-state index in [9.17, 15) is 9.18 Å². The number of esters is 1. The van der Waals surface area contributed by atoms with E-state index in [0.29, 0.717) is 35.6 Å². The van der Waals surface area contributed by atoms with E-state index < -0.39 is 11.4 Å². The predicted octanol–water partition coefficient (Wildman–Crippen LogP) is 4.64. The van der Waals surface area contributed by atoms with Gasteiger partial charge in [0.05, 0.1) is 11.0 Å². The van der Waals surface area contributed by atoms with Crippen LogP contribution < -0.4 is 0 Å². The largest absolute Gasteiger partial charge is 0.466 e. The Bertz CT molecular complexity index is 1000. The first-order valence-corrected chi connectivity index (χ1v) is 9.31. The van der Waals surface area contributed by atoms with Gasteiger partial charge in [-0.1, -0.05) is 31.0 Å². The van der Waals surface area contributed by atoms with Gasteiger partial charge in [0.2, 0.25) is 0 Å². The highest BCUT2D eigenvalue weighted by Crippen LogP contribution is 2.43. The van der Waals surface area contributed by atoms with Crippen LogP contribution in [0.3, 0.4) is 0 Å². The van der Waals surface area contributed by atoms with Gasteiger partial charge < -0.3 is 13.6 Å². The minimum atomic E-state index is -0.952. The molecule has 0 spiro atoms. The second-order valence-electron chi connectivity index (χ2n) is 7.17. The molecule has 0 amide bonds. The van der Waals surface area contributed by atoms with E-state index in [1.165, 1.54) is 6.07 Å². The molecule has 0 N–H and O–H groups in total. The molecule has 6 nitrogen and oxygen atoms in total. The molecule has 1 aliphatic carbocycles. The van der Waals surface area contributed by atoms with Crippen molar-refractivity contribution in [2.24, 2.45) is 0 Å². The van der Waals surface area contributed by atoms with Gasteiger partial charge in [0.25, 0.3) is 11.8 Å². The van der Waals surface area contributed by atoms with Crippen LogP contribution in [0.2, 0.25) is 0 Å². The van der Waals surface area contributed by atoms with Gasteiger partial charge in [0.15, 0.2) is 6.61 Å². The summed E-state index contributed by atoms with van der Waals surface area (Å²) >= 11 is 0. The van der Waals surface area contributed by atoms with Crippen LogP contribution in [0.4, 0.5) is 4.39 Å². The van der Waals surface area contributed by atoms with Crippen molar-refractivity contribution in [2.75, 3.05) is 0 Å². The van der Waals surface area contributed by atoms with Gasteiger partial charge in [-0.05, 0) is 38.8 Å². The van der Waals surface area contributed by atoms with Crippen molar-refractivity contribution in [3.63, 3.8) is 0 Å². The maximum absolute atomic E-state index is 14.4. The average molecular weight is 384 g/mol. The van der Waals surface area contributed by atoms with Crippen molar-refractivity contribution in [3.05, 3.63) is 59.1 Å². The Balaban J connectivity index is 1.51. The number of ether oxygens (including phenoxy) is 1. The number of benzene rings is 1. The number of hydrogen-bond acceptors (Lipinski definition) is 6. The van der Waals surface area contributed by atoms with Crippen molar-refractivity contribution in [3.8, 4) is 11.5 Å². The fourth-order valence-corrected chi connectivity index (χ4v) is 3.94. The first-order valence-electron chi connectivity index (χ1n) is 9.31. The van der Waals surface area contributed by atoms with E-state index in [0.717, 1.165) is 18.6 Å². The van der Waals surface area contributed by atoms with E-state index in [1.807, 2.05) is 19.9 Å². The number of furan rings is 1. The number of halogens is 1. The Kier molecular flexibility index (Phi) is 4.75. The zero-order valence-electron chi connectivity index (χ0n) is 15.8. The number of aromatic nitrogens is 2. The topological polar surface area (TPSA) is 78.4 Å². The summed E-state index contributed by atoms with van der Waals surface area (Å²) in [4.78, 5) is 12.9. The Hall–Kier alpha value is -2.96. The second kappa shape index (κ2) is 7.22. The van der Waals surface area contributed by atoms with Crippen LogP contribution in [-0.2, 0) is 21.6 Å². The lowest BCUT2D eigenvalue weighted by Crippen LogP contribution is -2.35. The first-order chi connectivity index (χ1) is 13.5. The highest BCUT2D eigenvalue weighted by atomic mass is 19.1. The Morgan fingerprint density at radius 3 is 2.61 bits per heavy atom. The van der Waals surface area contributed by atoms with Crippen molar-refractivity contribution in [1.29, 1.82) is 0 Å². The van der Waals surface area contributed by atoms with Gasteiger partial charge in [0, 0.05) is 5.56 Å². The second-order valence-corrected chi connectivity index (χ2v) is 7.17. The standard InChI is InChI=1S/C21H21FN2O4/c1-13-11-15(14(2)27-13)19-24-23-18(28-19)12-26-20(25)21(9-5-6-10-21)16-7-3-4-8-17(16)22/h3-4,7-8,11H,5-6,9-10,12H2,1-2H3. The third-order valence-corrected chi connectivity index (χ3v) is 5.30. The molecule has 4 rings (SSSR count). The predicted molar refractivity (Wildman–Crippen MR) is 97.8 cm³/mol. The normalized spacial score (nSPS) is 15.7. The third kappa shape index (κ3) is 3.21. The molecule has 1 fully saturated rings. The molecule has 146 valence electrons. The molecule has 0 saturated heterocycles. The van der Waals surface area contributed by atoms with Crippen LogP contribution >= 0.6 is 0 Å². The molecule has 7 heteroatoms. The zero-order valence-corrected chi connectivity index (χ0v) is 15.8. The lowest BCUT2D eigenvalue weighted by Gasteiger charge is -2.27. The molecule has 0 aliphatic heterocycles. The van der Waals surface area contributed by atoms with E-state index in [4.69, 9.17) is 13.6 Å². The minimum absolute atomic E-state index is 0.155. The first kappa shape index (κ1) is 18.4. The maximum Gasteiger partial charge on any atom is 0.317 e. The molecule has 28 heavy (non-hydrogen) atoms. The third-order valence-electron chi connectivity index (χ3n) is 5.30. The molecule has 1 aromatic carbocycles. The monoisotopic (exact) mass is 384 g/mol. The van der Waals surface area contributed by atoms with Crippen LogP contribution in [0.1, 0.15) is 48.7 Å². The fourth-order valence-electron chi connectivity index (χ4n) is 3.94. The molecule has 3 aromatic rings. The Morgan fingerprint density at radius 2 is 1.93 bits per heavy atom.